The van der Waals surface area contributed by atoms with Gasteiger partial charge >= 0.3 is 5.97 Å². The maximum Gasteiger partial charge on any atom is 0.331 e. The Bertz CT molecular complexity index is 917. The minimum absolute atomic E-state index is 0.00647. The molecule has 0 N–H and O–H groups in total. The first kappa shape index (κ1) is 16.5. The third-order valence-electron chi connectivity index (χ3n) is 3.21. The number of fused-ring (bicyclic) bond motifs is 1. The Morgan fingerprint density at radius 3 is 2.88 bits per heavy atom. The Morgan fingerprint density at radius 2 is 2.08 bits per heavy atom. The van der Waals surface area contributed by atoms with Crippen LogP contribution in [0.5, 0.6) is 0 Å². The van der Waals surface area contributed by atoms with Crippen LogP contribution >= 0.6 is 23.2 Å². The summed E-state index contributed by atoms with van der Waals surface area (Å²) < 4.78 is 20.4. The van der Waals surface area contributed by atoms with E-state index in [1.807, 2.05) is 0 Å². The number of imidazole rings is 1. The lowest BCUT2D eigenvalue weighted by molar-refractivity contribution is -0.139. The van der Waals surface area contributed by atoms with Crippen molar-refractivity contribution in [1.82, 2.24) is 9.38 Å². The summed E-state index contributed by atoms with van der Waals surface area (Å²) in [6.07, 6.45) is 5.82. The number of aromatic nitrogens is 2. The summed E-state index contributed by atoms with van der Waals surface area (Å²) in [5.74, 6) is -1.13. The molecular weight excluding hydrogens is 354 g/mol. The number of carbonyl (C=O) groups excluding carboxylic acids is 1. The van der Waals surface area contributed by atoms with E-state index in [0.717, 1.165) is 6.08 Å². The third kappa shape index (κ3) is 3.75. The molecule has 0 fully saturated rings. The molecule has 7 heteroatoms. The summed E-state index contributed by atoms with van der Waals surface area (Å²) in [6, 6.07) is 7.77. The molecule has 0 radical (unpaired) electrons. The lowest BCUT2D eigenvalue weighted by atomic mass is 10.2. The first-order valence-electron chi connectivity index (χ1n) is 6.95. The van der Waals surface area contributed by atoms with Gasteiger partial charge in [0.15, 0.2) is 0 Å². The number of halogens is 3. The lowest BCUT2D eigenvalue weighted by Gasteiger charge is -2.00. The van der Waals surface area contributed by atoms with Gasteiger partial charge in [0.25, 0.3) is 0 Å². The molecule has 0 saturated carbocycles. The van der Waals surface area contributed by atoms with Gasteiger partial charge in [-0.3, -0.25) is 0 Å². The van der Waals surface area contributed by atoms with E-state index in [9.17, 15) is 9.18 Å². The maximum absolute atomic E-state index is 13.6. The molecule has 3 rings (SSSR count). The molecule has 24 heavy (non-hydrogen) atoms. The molecule has 0 bridgehead atoms. The number of esters is 1. The summed E-state index contributed by atoms with van der Waals surface area (Å²) in [5, 5.41) is 0.796. The highest BCUT2D eigenvalue weighted by Gasteiger charge is 2.07. The predicted octanol–water partition coefficient (Wildman–Crippen LogP) is 4.54. The van der Waals surface area contributed by atoms with Crippen LogP contribution in [0.2, 0.25) is 10.0 Å². The molecule has 3 aromatic rings. The largest absolute Gasteiger partial charge is 0.456 e. The molecule has 0 aliphatic rings. The van der Waals surface area contributed by atoms with Crippen LogP contribution in [0.3, 0.4) is 0 Å². The normalized spacial score (nSPS) is 11.3. The van der Waals surface area contributed by atoms with E-state index in [1.165, 1.54) is 24.3 Å². The molecule has 0 unspecified atom stereocenters. The van der Waals surface area contributed by atoms with Crippen molar-refractivity contribution in [2.24, 2.45) is 0 Å². The predicted molar refractivity (Wildman–Crippen MR) is 90.4 cm³/mol. The van der Waals surface area contributed by atoms with E-state index in [-0.39, 0.29) is 17.2 Å². The molecule has 4 nitrogen and oxygen atoms in total. The van der Waals surface area contributed by atoms with Crippen LogP contribution in [0.25, 0.3) is 11.7 Å². The molecule has 2 heterocycles. The number of rotatable bonds is 4. The maximum atomic E-state index is 13.6. The van der Waals surface area contributed by atoms with Crippen LogP contribution < -0.4 is 0 Å². The zero-order valence-electron chi connectivity index (χ0n) is 12.2. The van der Waals surface area contributed by atoms with Gasteiger partial charge in [0.1, 0.15) is 18.1 Å². The second-order valence-corrected chi connectivity index (χ2v) is 5.77. The van der Waals surface area contributed by atoms with Gasteiger partial charge in [-0.25, -0.2) is 14.2 Å². The van der Waals surface area contributed by atoms with Crippen molar-refractivity contribution in [1.29, 1.82) is 0 Å². The molecule has 0 saturated heterocycles. The van der Waals surface area contributed by atoms with Crippen LogP contribution in [-0.4, -0.2) is 15.4 Å². The summed E-state index contributed by atoms with van der Waals surface area (Å²) in [5.41, 5.74) is 1.40. The monoisotopic (exact) mass is 364 g/mol. The highest BCUT2D eigenvalue weighted by Crippen LogP contribution is 2.20. The van der Waals surface area contributed by atoms with Gasteiger partial charge in [-0.2, -0.15) is 0 Å². The quantitative estimate of drug-likeness (QED) is 0.504. The first-order valence-corrected chi connectivity index (χ1v) is 7.70. The van der Waals surface area contributed by atoms with Crippen molar-refractivity contribution >= 4 is 40.9 Å². The van der Waals surface area contributed by atoms with E-state index >= 15 is 0 Å². The minimum atomic E-state index is -0.621. The molecule has 122 valence electrons. The summed E-state index contributed by atoms with van der Waals surface area (Å²) in [4.78, 5) is 16.0. The van der Waals surface area contributed by atoms with Gasteiger partial charge < -0.3 is 9.14 Å². The molecule has 1 aromatic carbocycles. The second-order valence-electron chi connectivity index (χ2n) is 4.92. The molecule has 0 aliphatic heterocycles. The van der Waals surface area contributed by atoms with Gasteiger partial charge in [0.2, 0.25) is 0 Å². The van der Waals surface area contributed by atoms with Crippen molar-refractivity contribution in [3.63, 3.8) is 0 Å². The Morgan fingerprint density at radius 1 is 1.25 bits per heavy atom. The highest BCUT2D eigenvalue weighted by molar-refractivity contribution is 6.32. The van der Waals surface area contributed by atoms with Gasteiger partial charge in [-0.05, 0) is 30.3 Å². The fourth-order valence-electron chi connectivity index (χ4n) is 2.10. The van der Waals surface area contributed by atoms with E-state index in [4.69, 9.17) is 27.9 Å². The number of ether oxygens (including phenoxy) is 1. The van der Waals surface area contributed by atoms with Crippen molar-refractivity contribution in [3.8, 4) is 0 Å². The standard InChI is InChI=1S/C17H11Cl2FN2O2/c18-11-4-6-16-21-12(9-22(16)8-11)10-24-17(23)7-5-13-14(19)2-1-3-15(13)20/h1-9H,10H2/b7-5+. The summed E-state index contributed by atoms with van der Waals surface area (Å²) in [6.45, 7) is -0.00647. The van der Waals surface area contributed by atoms with E-state index in [1.54, 1.807) is 28.9 Å². The van der Waals surface area contributed by atoms with Crippen molar-refractivity contribution in [2.75, 3.05) is 0 Å². The van der Waals surface area contributed by atoms with E-state index in [2.05, 4.69) is 4.98 Å². The molecule has 0 atom stereocenters. The van der Waals surface area contributed by atoms with Crippen molar-refractivity contribution in [2.45, 2.75) is 6.61 Å². The van der Waals surface area contributed by atoms with Crippen LogP contribution in [0.1, 0.15) is 11.3 Å². The average molecular weight is 365 g/mol. The number of hydrogen-bond acceptors (Lipinski definition) is 3. The minimum Gasteiger partial charge on any atom is -0.456 e. The van der Waals surface area contributed by atoms with Crippen LogP contribution in [-0.2, 0) is 16.1 Å². The van der Waals surface area contributed by atoms with Crippen LogP contribution in [0.15, 0.2) is 48.8 Å². The van der Waals surface area contributed by atoms with Gasteiger partial charge in [-0.1, -0.05) is 29.3 Å². The van der Waals surface area contributed by atoms with E-state index < -0.39 is 11.8 Å². The fourth-order valence-corrected chi connectivity index (χ4v) is 2.50. The van der Waals surface area contributed by atoms with E-state index in [0.29, 0.717) is 16.4 Å². The Hall–Kier alpha value is -2.37. The van der Waals surface area contributed by atoms with Crippen LogP contribution in [0, 0.1) is 5.82 Å². The molecule has 0 aliphatic carbocycles. The van der Waals surface area contributed by atoms with Crippen molar-refractivity contribution < 1.29 is 13.9 Å². The summed E-state index contributed by atoms with van der Waals surface area (Å²) in [7, 11) is 0. The lowest BCUT2D eigenvalue weighted by Crippen LogP contribution is -2.01. The SMILES string of the molecule is O=C(/C=C/c1c(F)cccc1Cl)OCc1cn2cc(Cl)ccc2n1. The Kier molecular flexibility index (Phi) is 4.83. The Labute approximate surface area is 147 Å². The number of carbonyl (C=O) groups is 1. The summed E-state index contributed by atoms with van der Waals surface area (Å²) >= 11 is 11.8. The zero-order valence-corrected chi connectivity index (χ0v) is 13.8. The number of nitrogens with zero attached hydrogens (tertiary/aromatic N) is 2. The third-order valence-corrected chi connectivity index (χ3v) is 3.77. The van der Waals surface area contributed by atoms with Gasteiger partial charge in [0, 0.05) is 24.0 Å². The van der Waals surface area contributed by atoms with Gasteiger partial charge in [0.05, 0.1) is 15.7 Å². The Balaban J connectivity index is 1.65. The smallest absolute Gasteiger partial charge is 0.331 e. The number of pyridine rings is 1. The second kappa shape index (κ2) is 7.03. The fraction of sp³-hybridized carbons (Fsp3) is 0.0588. The highest BCUT2D eigenvalue weighted by atomic mass is 35.5. The van der Waals surface area contributed by atoms with Crippen LogP contribution in [0.4, 0.5) is 4.39 Å². The van der Waals surface area contributed by atoms with Gasteiger partial charge in [-0.15, -0.1) is 0 Å². The number of hydrogen-bond donors (Lipinski definition) is 0. The molecule has 0 amide bonds. The number of benzene rings is 1. The molecular formula is C17H11Cl2FN2O2. The van der Waals surface area contributed by atoms with Crippen molar-refractivity contribution in [3.05, 3.63) is 75.9 Å². The first-order chi connectivity index (χ1) is 11.5. The topological polar surface area (TPSA) is 43.6 Å². The zero-order chi connectivity index (χ0) is 17.1. The molecule has 2 aromatic heterocycles. The molecule has 0 spiro atoms. The average Bonchev–Trinajstić information content (AvgIpc) is 2.94.